The minimum atomic E-state index is -0.0590. The Morgan fingerprint density at radius 2 is 1.90 bits per heavy atom. The minimum absolute atomic E-state index is 0.0590. The molecule has 0 amide bonds. The highest BCUT2D eigenvalue weighted by Gasteiger charge is 2.28. The zero-order valence-corrected chi connectivity index (χ0v) is 13.8. The first-order chi connectivity index (χ1) is 10.1. The van der Waals surface area contributed by atoms with Crippen LogP contribution in [0.4, 0.5) is 0 Å². The van der Waals surface area contributed by atoms with Crippen molar-refractivity contribution < 1.29 is 4.74 Å². The van der Waals surface area contributed by atoms with Gasteiger partial charge in [0.1, 0.15) is 5.75 Å². The highest BCUT2D eigenvalue weighted by molar-refractivity contribution is 7.07. The third-order valence-corrected chi connectivity index (χ3v) is 4.84. The molecule has 0 aliphatic heterocycles. The fourth-order valence-electron chi connectivity index (χ4n) is 2.39. The van der Waals surface area contributed by atoms with Crippen molar-refractivity contribution >= 4 is 11.3 Å². The summed E-state index contributed by atoms with van der Waals surface area (Å²) in [6, 6.07) is 10.4. The molecule has 1 aromatic carbocycles. The third kappa shape index (κ3) is 4.06. The molecule has 0 aliphatic carbocycles. The molecular weight excluding hydrogens is 280 g/mol. The van der Waals surface area contributed by atoms with Crippen molar-refractivity contribution in [1.82, 2.24) is 4.90 Å². The first kappa shape index (κ1) is 16.0. The standard InChI is InChI=1S/C17H24N2OS/c1-17(13-18,19(2)11-15-8-9-21-12-15)10-14-4-6-16(20-3)7-5-14/h4-9,12H,10-11,13,18H2,1-3H3. The molecule has 1 heterocycles. The maximum Gasteiger partial charge on any atom is 0.118 e. The molecule has 0 saturated heterocycles. The summed E-state index contributed by atoms with van der Waals surface area (Å²) in [5.41, 5.74) is 8.64. The summed E-state index contributed by atoms with van der Waals surface area (Å²) in [5, 5.41) is 4.31. The predicted molar refractivity (Wildman–Crippen MR) is 89.9 cm³/mol. The molecule has 2 rings (SSSR count). The lowest BCUT2D eigenvalue weighted by Crippen LogP contribution is -2.50. The largest absolute Gasteiger partial charge is 0.497 e. The highest BCUT2D eigenvalue weighted by atomic mass is 32.1. The van der Waals surface area contributed by atoms with E-state index in [1.165, 1.54) is 11.1 Å². The maximum absolute atomic E-state index is 6.08. The summed E-state index contributed by atoms with van der Waals surface area (Å²) >= 11 is 1.74. The summed E-state index contributed by atoms with van der Waals surface area (Å²) in [5.74, 6) is 0.889. The fraction of sp³-hybridized carbons (Fsp3) is 0.412. The van der Waals surface area contributed by atoms with E-state index in [0.29, 0.717) is 6.54 Å². The Bertz CT molecular complexity index is 538. The molecule has 1 aromatic heterocycles. The summed E-state index contributed by atoms with van der Waals surface area (Å²) in [4.78, 5) is 2.35. The van der Waals surface area contributed by atoms with Crippen LogP contribution in [-0.2, 0) is 13.0 Å². The fourth-order valence-corrected chi connectivity index (χ4v) is 3.05. The maximum atomic E-state index is 6.08. The third-order valence-electron chi connectivity index (χ3n) is 4.11. The second kappa shape index (κ2) is 7.07. The van der Waals surface area contributed by atoms with Crippen LogP contribution in [0.25, 0.3) is 0 Å². The number of hydrogen-bond donors (Lipinski definition) is 1. The highest BCUT2D eigenvalue weighted by Crippen LogP contribution is 2.23. The molecule has 0 spiro atoms. The number of likely N-dealkylation sites (N-methyl/N-ethyl adjacent to an activating group) is 1. The van der Waals surface area contributed by atoms with Gasteiger partial charge in [-0.05, 0) is 60.5 Å². The average Bonchev–Trinajstić information content (AvgIpc) is 3.00. The predicted octanol–water partition coefficient (Wildman–Crippen LogP) is 3.15. The molecule has 0 radical (unpaired) electrons. The summed E-state index contributed by atoms with van der Waals surface area (Å²) < 4.78 is 5.21. The normalized spacial score (nSPS) is 14.1. The van der Waals surface area contributed by atoms with Crippen LogP contribution >= 0.6 is 11.3 Å². The van der Waals surface area contributed by atoms with Gasteiger partial charge in [0.25, 0.3) is 0 Å². The molecule has 0 fully saturated rings. The molecule has 114 valence electrons. The van der Waals surface area contributed by atoms with Crippen molar-refractivity contribution in [2.24, 2.45) is 5.73 Å². The van der Waals surface area contributed by atoms with Gasteiger partial charge in [0.05, 0.1) is 7.11 Å². The zero-order chi connectivity index (χ0) is 15.3. The van der Waals surface area contributed by atoms with E-state index < -0.39 is 0 Å². The Labute approximate surface area is 131 Å². The van der Waals surface area contributed by atoms with E-state index >= 15 is 0 Å². The Hall–Kier alpha value is -1.36. The van der Waals surface area contributed by atoms with Crippen LogP contribution in [0, 0.1) is 0 Å². The van der Waals surface area contributed by atoms with Gasteiger partial charge < -0.3 is 10.5 Å². The van der Waals surface area contributed by atoms with E-state index in [1.807, 2.05) is 12.1 Å². The SMILES string of the molecule is COc1ccc(CC(C)(CN)N(C)Cc2ccsc2)cc1. The summed E-state index contributed by atoms with van der Waals surface area (Å²) in [6.45, 7) is 3.77. The van der Waals surface area contributed by atoms with Gasteiger partial charge >= 0.3 is 0 Å². The molecule has 4 heteroatoms. The quantitative estimate of drug-likeness (QED) is 0.854. The molecular formula is C17H24N2OS. The van der Waals surface area contributed by atoms with E-state index in [9.17, 15) is 0 Å². The Balaban J connectivity index is 2.08. The topological polar surface area (TPSA) is 38.5 Å². The van der Waals surface area contributed by atoms with E-state index in [-0.39, 0.29) is 5.54 Å². The van der Waals surface area contributed by atoms with E-state index in [1.54, 1.807) is 18.4 Å². The van der Waals surface area contributed by atoms with Gasteiger partial charge in [0, 0.05) is 18.6 Å². The van der Waals surface area contributed by atoms with Crippen LogP contribution in [0.2, 0.25) is 0 Å². The number of benzene rings is 1. The monoisotopic (exact) mass is 304 g/mol. The smallest absolute Gasteiger partial charge is 0.118 e. The van der Waals surface area contributed by atoms with Crippen LogP contribution in [0.3, 0.4) is 0 Å². The molecule has 0 saturated carbocycles. The molecule has 0 bridgehead atoms. The van der Waals surface area contributed by atoms with Crippen molar-refractivity contribution in [2.75, 3.05) is 20.7 Å². The van der Waals surface area contributed by atoms with Crippen LogP contribution in [0.1, 0.15) is 18.1 Å². The van der Waals surface area contributed by atoms with Crippen molar-refractivity contribution in [1.29, 1.82) is 0 Å². The lowest BCUT2D eigenvalue weighted by molar-refractivity contribution is 0.136. The van der Waals surface area contributed by atoms with Gasteiger partial charge in [-0.15, -0.1) is 0 Å². The van der Waals surface area contributed by atoms with Gasteiger partial charge in [-0.2, -0.15) is 11.3 Å². The second-order valence-corrected chi connectivity index (χ2v) is 6.49. The van der Waals surface area contributed by atoms with Crippen molar-refractivity contribution in [2.45, 2.75) is 25.4 Å². The average molecular weight is 304 g/mol. The van der Waals surface area contributed by atoms with Crippen molar-refractivity contribution in [3.63, 3.8) is 0 Å². The number of nitrogens with two attached hydrogens (primary N) is 1. The number of rotatable bonds is 7. The first-order valence-corrected chi connectivity index (χ1v) is 8.07. The van der Waals surface area contributed by atoms with E-state index in [0.717, 1.165) is 18.7 Å². The van der Waals surface area contributed by atoms with Crippen LogP contribution < -0.4 is 10.5 Å². The second-order valence-electron chi connectivity index (χ2n) is 5.71. The number of nitrogens with zero attached hydrogens (tertiary/aromatic N) is 1. The lowest BCUT2D eigenvalue weighted by Gasteiger charge is -2.38. The Morgan fingerprint density at radius 3 is 2.43 bits per heavy atom. The van der Waals surface area contributed by atoms with Crippen LogP contribution in [-0.4, -0.2) is 31.1 Å². The molecule has 2 N–H and O–H groups in total. The van der Waals surface area contributed by atoms with Gasteiger partial charge in [0.15, 0.2) is 0 Å². The molecule has 1 unspecified atom stereocenters. The van der Waals surface area contributed by atoms with Gasteiger partial charge in [-0.3, -0.25) is 4.90 Å². The first-order valence-electron chi connectivity index (χ1n) is 7.13. The number of ether oxygens (including phenoxy) is 1. The molecule has 2 aromatic rings. The Kier molecular flexibility index (Phi) is 5.39. The van der Waals surface area contributed by atoms with Crippen molar-refractivity contribution in [3.8, 4) is 5.75 Å². The van der Waals surface area contributed by atoms with Crippen LogP contribution in [0.15, 0.2) is 41.1 Å². The molecule has 21 heavy (non-hydrogen) atoms. The zero-order valence-electron chi connectivity index (χ0n) is 13.0. The molecule has 1 atom stereocenters. The molecule has 3 nitrogen and oxygen atoms in total. The number of thiophene rings is 1. The van der Waals surface area contributed by atoms with Crippen molar-refractivity contribution in [3.05, 3.63) is 52.2 Å². The van der Waals surface area contributed by atoms with E-state index in [2.05, 4.69) is 47.8 Å². The van der Waals surface area contributed by atoms with Crippen LogP contribution in [0.5, 0.6) is 5.75 Å². The lowest BCUT2D eigenvalue weighted by atomic mass is 9.91. The summed E-state index contributed by atoms with van der Waals surface area (Å²) in [6.07, 6.45) is 0.925. The number of methoxy groups -OCH3 is 1. The van der Waals surface area contributed by atoms with Gasteiger partial charge in [-0.25, -0.2) is 0 Å². The minimum Gasteiger partial charge on any atom is -0.497 e. The molecule has 0 aliphatic rings. The van der Waals surface area contributed by atoms with E-state index in [4.69, 9.17) is 10.5 Å². The summed E-state index contributed by atoms with van der Waals surface area (Å²) in [7, 11) is 3.84. The Morgan fingerprint density at radius 1 is 1.19 bits per heavy atom. The van der Waals surface area contributed by atoms with Gasteiger partial charge in [-0.1, -0.05) is 12.1 Å². The number of hydrogen-bond acceptors (Lipinski definition) is 4. The van der Waals surface area contributed by atoms with Gasteiger partial charge in [0.2, 0.25) is 0 Å².